The predicted molar refractivity (Wildman–Crippen MR) is 149 cm³/mol. The summed E-state index contributed by atoms with van der Waals surface area (Å²) in [7, 11) is 14.4. The summed E-state index contributed by atoms with van der Waals surface area (Å²) < 4.78 is 0. The van der Waals surface area contributed by atoms with Gasteiger partial charge in [0.25, 0.3) is 0 Å². The van der Waals surface area contributed by atoms with Gasteiger partial charge < -0.3 is 9.80 Å². The zero-order valence-electron chi connectivity index (χ0n) is 21.9. The molecule has 196 valence electrons. The van der Waals surface area contributed by atoms with Gasteiger partial charge in [-0.1, -0.05) is 60.3 Å². The van der Waals surface area contributed by atoms with Gasteiger partial charge in [-0.2, -0.15) is 0 Å². The molecule has 0 aromatic heterocycles. The van der Waals surface area contributed by atoms with Gasteiger partial charge >= 0.3 is 34.5 Å². The Bertz CT molecular complexity index is 692. The van der Waals surface area contributed by atoms with Gasteiger partial charge in [-0.25, -0.2) is 0 Å². The summed E-state index contributed by atoms with van der Waals surface area (Å²) in [6, 6.07) is 0. The molecule has 2 nitrogen and oxygen atoms in total. The second-order valence-corrected chi connectivity index (χ2v) is 16.7. The van der Waals surface area contributed by atoms with Crippen molar-refractivity contribution in [2.24, 2.45) is 5.92 Å². The van der Waals surface area contributed by atoms with Crippen LogP contribution in [0.4, 0.5) is 0 Å². The summed E-state index contributed by atoms with van der Waals surface area (Å²) in [5.74, 6) is 2.14. The Morgan fingerprint density at radius 3 is 1.82 bits per heavy atom. The van der Waals surface area contributed by atoms with E-state index in [0.717, 1.165) is 17.0 Å². The molecule has 1 saturated heterocycles. The minimum atomic E-state index is -0.346. The first kappa shape index (κ1) is 29.1. The molecular weight excluding hydrogens is 567 g/mol. The van der Waals surface area contributed by atoms with Crippen LogP contribution >= 0.6 is 27.3 Å². The number of halogens is 2. The van der Waals surface area contributed by atoms with Gasteiger partial charge in [0.1, 0.15) is 5.82 Å². The van der Waals surface area contributed by atoms with Crippen LogP contribution < -0.4 is 0 Å². The van der Waals surface area contributed by atoms with Gasteiger partial charge in [-0.3, -0.25) is 0 Å². The van der Waals surface area contributed by atoms with Crippen LogP contribution in [-0.2, 0) is 15.1 Å². The normalized spacial score (nSPS) is 25.2. The molecule has 4 aliphatic rings. The monoisotopic (exact) mass is 614 g/mol. The summed E-state index contributed by atoms with van der Waals surface area (Å²) in [5, 5.41) is 0. The molecular formula is C28H47Cl2N2PRu. The van der Waals surface area contributed by atoms with Crippen molar-refractivity contribution in [3.05, 3.63) is 28.8 Å². The van der Waals surface area contributed by atoms with Crippen LogP contribution in [0.5, 0.6) is 0 Å². The molecule has 0 amide bonds. The van der Waals surface area contributed by atoms with Crippen molar-refractivity contribution in [2.45, 2.75) is 114 Å². The Labute approximate surface area is 227 Å². The first-order valence-corrected chi connectivity index (χ1v) is 19.8. The second-order valence-electron chi connectivity index (χ2n) is 11.1. The molecule has 34 heavy (non-hydrogen) atoms. The molecule has 1 atom stereocenters. The Morgan fingerprint density at radius 1 is 0.853 bits per heavy atom. The molecule has 0 N–H and O–H groups in total. The summed E-state index contributed by atoms with van der Waals surface area (Å²) >= 11 is -0.346. The molecule has 1 heterocycles. The number of rotatable bonds is 4. The van der Waals surface area contributed by atoms with Crippen LogP contribution in [0.2, 0.25) is 0 Å². The van der Waals surface area contributed by atoms with E-state index in [9.17, 15) is 0 Å². The third-order valence-electron chi connectivity index (χ3n) is 8.24. The fourth-order valence-corrected chi connectivity index (χ4v) is 11.3. The second kappa shape index (κ2) is 15.0. The molecule has 1 aliphatic heterocycles. The van der Waals surface area contributed by atoms with Crippen molar-refractivity contribution >= 4 is 27.3 Å². The average molecular weight is 615 g/mol. The van der Waals surface area contributed by atoms with Crippen LogP contribution in [0.15, 0.2) is 28.8 Å². The van der Waals surface area contributed by atoms with Gasteiger partial charge in [0.2, 0.25) is 0 Å². The van der Waals surface area contributed by atoms with Gasteiger partial charge in [-0.05, 0) is 68.3 Å². The van der Waals surface area contributed by atoms with Crippen molar-refractivity contribution in [2.75, 3.05) is 27.2 Å². The molecule has 6 heteroatoms. The third-order valence-corrected chi connectivity index (χ3v) is 12.2. The number of hydrogen-bond acceptors (Lipinski definition) is 2. The van der Waals surface area contributed by atoms with Crippen molar-refractivity contribution in [3.63, 3.8) is 0 Å². The Kier molecular flexibility index (Phi) is 12.9. The number of hydrogen-bond donors (Lipinski definition) is 0. The van der Waals surface area contributed by atoms with Gasteiger partial charge in [0, 0.05) is 44.0 Å². The van der Waals surface area contributed by atoms with Crippen LogP contribution in [0.3, 0.4) is 0 Å². The molecule has 3 saturated carbocycles. The van der Waals surface area contributed by atoms with E-state index in [1.54, 1.807) is 17.0 Å². The summed E-state index contributed by atoms with van der Waals surface area (Å²) in [6.07, 6.45) is 21.4. The maximum atomic E-state index is 4.85. The van der Waals surface area contributed by atoms with E-state index in [2.05, 4.69) is 49.5 Å². The molecule has 1 unspecified atom stereocenters. The number of nitrogens with zero attached hydrogens (tertiary/aromatic N) is 2. The Morgan fingerprint density at radius 2 is 1.35 bits per heavy atom. The summed E-state index contributed by atoms with van der Waals surface area (Å²) in [6.45, 7) is 6.94. The van der Waals surface area contributed by atoms with Crippen molar-refractivity contribution < 1.29 is 15.1 Å². The molecule has 0 bridgehead atoms. The van der Waals surface area contributed by atoms with E-state index in [1.807, 2.05) is 0 Å². The molecule has 0 spiro atoms. The molecule has 0 radical (unpaired) electrons. The zero-order chi connectivity index (χ0) is 24.5. The van der Waals surface area contributed by atoms with Crippen molar-refractivity contribution in [1.29, 1.82) is 0 Å². The fourth-order valence-electron chi connectivity index (χ4n) is 6.73. The Balaban J connectivity index is 0.00000103. The first-order chi connectivity index (χ1) is 16.5. The quantitative estimate of drug-likeness (QED) is 0.177. The van der Waals surface area contributed by atoms with E-state index < -0.39 is 0 Å². The predicted octanol–water partition coefficient (Wildman–Crippen LogP) is 8.89. The van der Waals surface area contributed by atoms with Gasteiger partial charge in [0.15, 0.2) is 0 Å². The van der Waals surface area contributed by atoms with Crippen LogP contribution in [0.25, 0.3) is 0 Å². The number of likely N-dealkylation sites (N-methyl/N-ethyl adjacent to an activating group) is 2. The summed E-state index contributed by atoms with van der Waals surface area (Å²) in [5.41, 5.74) is 10.1. The van der Waals surface area contributed by atoms with Crippen LogP contribution in [-0.4, -0.2) is 54.0 Å². The van der Waals surface area contributed by atoms with E-state index >= 15 is 0 Å². The maximum absolute atomic E-state index is 4.85. The number of allylic oxidation sites excluding steroid dienone is 2. The third kappa shape index (κ3) is 7.75. The van der Waals surface area contributed by atoms with Crippen molar-refractivity contribution in [1.82, 2.24) is 9.80 Å². The van der Waals surface area contributed by atoms with E-state index in [4.69, 9.17) is 19.4 Å². The minimum absolute atomic E-state index is 0.0527. The SMILES string of the molecule is CC(C)C=C=C1CCCC(P(C2CCCCC2)C2CCCCC2)C1=C1N(C)CCN1C.[Cl][Ru][Cl]. The van der Waals surface area contributed by atoms with Crippen molar-refractivity contribution in [3.8, 4) is 0 Å². The molecule has 4 fully saturated rings. The molecule has 3 aliphatic carbocycles. The fraction of sp³-hybridized carbons (Fsp3) is 0.821. The zero-order valence-corrected chi connectivity index (χ0v) is 26.1. The topological polar surface area (TPSA) is 6.48 Å². The first-order valence-electron chi connectivity index (χ1n) is 13.7. The van der Waals surface area contributed by atoms with E-state index in [1.165, 1.54) is 96.6 Å². The molecule has 0 aromatic carbocycles. The van der Waals surface area contributed by atoms with Crippen LogP contribution in [0.1, 0.15) is 97.3 Å². The molecule has 4 rings (SSSR count). The summed E-state index contributed by atoms with van der Waals surface area (Å²) in [4.78, 5) is 5.14. The van der Waals surface area contributed by atoms with Gasteiger partial charge in [-0.15, -0.1) is 5.73 Å². The van der Waals surface area contributed by atoms with E-state index in [0.29, 0.717) is 5.92 Å². The standard InChI is InChI=1S/C28H47N2P.2ClH.Ru/c1-22(2)18-19-23-12-11-17-26(27(23)28-29(3)20-21-30(28)4)31(24-13-7-5-8-14-24)25-15-9-6-10-16-25;;;/h18,22,24-26H,5-17,20-21H2,1-4H3;2*1H;/q;;;+2/p-2. The molecule has 0 aromatic rings. The van der Waals surface area contributed by atoms with Crippen LogP contribution in [0, 0.1) is 5.92 Å². The average Bonchev–Trinajstić information content (AvgIpc) is 3.17. The Hall–Kier alpha value is 0.493. The van der Waals surface area contributed by atoms with Gasteiger partial charge in [0.05, 0.1) is 0 Å². The van der Waals surface area contributed by atoms with E-state index in [-0.39, 0.29) is 23.1 Å².